The molecular formula is C21H20N4O3S2. The number of nitrogens with one attached hydrogen (secondary N) is 2. The van der Waals surface area contributed by atoms with Crippen LogP contribution in [0.25, 0.3) is 21.8 Å². The van der Waals surface area contributed by atoms with Gasteiger partial charge in [-0.2, -0.15) is 0 Å². The summed E-state index contributed by atoms with van der Waals surface area (Å²) in [5, 5.41) is 0.841. The molecule has 0 aliphatic heterocycles. The number of carbonyl (C=O) groups excluding carboxylic acids is 2. The van der Waals surface area contributed by atoms with Crippen molar-refractivity contribution in [2.24, 2.45) is 0 Å². The molecule has 4 aromatic heterocycles. The summed E-state index contributed by atoms with van der Waals surface area (Å²) >= 11 is 2.70. The Balaban J connectivity index is 1.56. The minimum atomic E-state index is -0.383. The van der Waals surface area contributed by atoms with Crippen LogP contribution in [0.5, 0.6) is 0 Å². The summed E-state index contributed by atoms with van der Waals surface area (Å²) in [4.78, 5) is 37.1. The molecule has 4 heterocycles. The molecule has 0 fully saturated rings. The van der Waals surface area contributed by atoms with E-state index in [0.29, 0.717) is 26.2 Å². The molecule has 4 aromatic rings. The highest BCUT2D eigenvalue weighted by Crippen LogP contribution is 2.33. The van der Waals surface area contributed by atoms with Crippen LogP contribution >= 0.6 is 22.7 Å². The lowest BCUT2D eigenvalue weighted by atomic mass is 10.1. The van der Waals surface area contributed by atoms with Gasteiger partial charge in [-0.1, -0.05) is 6.92 Å². The lowest BCUT2D eigenvalue weighted by Gasteiger charge is -2.05. The summed E-state index contributed by atoms with van der Waals surface area (Å²) in [6.45, 7) is 7.76. The van der Waals surface area contributed by atoms with E-state index >= 15 is 0 Å². The maximum Gasteiger partial charge on any atom is 0.280 e. The topological polar surface area (TPSA) is 97.1 Å². The van der Waals surface area contributed by atoms with E-state index in [1.54, 1.807) is 18.4 Å². The molecule has 9 heteroatoms. The van der Waals surface area contributed by atoms with Crippen molar-refractivity contribution >= 4 is 44.7 Å². The molecule has 0 saturated carbocycles. The third-order valence-electron chi connectivity index (χ3n) is 4.77. The molecule has 0 aliphatic rings. The number of hydrogen-bond acceptors (Lipinski definition) is 7. The first kappa shape index (κ1) is 20.2. The van der Waals surface area contributed by atoms with Gasteiger partial charge in [0.25, 0.3) is 11.8 Å². The number of amides is 2. The van der Waals surface area contributed by atoms with Crippen LogP contribution in [0, 0.1) is 20.8 Å². The van der Waals surface area contributed by atoms with Crippen LogP contribution in [0.15, 0.2) is 28.9 Å². The van der Waals surface area contributed by atoms with E-state index in [2.05, 4.69) is 27.7 Å². The number of hydrazine groups is 1. The number of carbonyl (C=O) groups is 2. The third kappa shape index (κ3) is 3.61. The van der Waals surface area contributed by atoms with E-state index in [4.69, 9.17) is 4.42 Å². The minimum Gasteiger partial charge on any atom is -0.461 e. The molecule has 2 N–H and O–H groups in total. The Bertz CT molecular complexity index is 1260. The standard InChI is InChI=1S/C21H20N4O3S2/c1-5-14-10(2)9-15(29-14)19(26)24-25-20(27)17-11(3)16-12(4)22-18(23-21(16)30-17)13-7-6-8-28-13/h6-9H,5H2,1-4H3,(H,24,26)(H,25,27). The average Bonchev–Trinajstić information content (AvgIpc) is 3.45. The van der Waals surface area contributed by atoms with Gasteiger partial charge in [-0.15, -0.1) is 22.7 Å². The van der Waals surface area contributed by atoms with E-state index in [1.807, 2.05) is 26.8 Å². The number of thiophene rings is 2. The van der Waals surface area contributed by atoms with Gasteiger partial charge in [-0.05, 0) is 56.5 Å². The van der Waals surface area contributed by atoms with Crippen molar-refractivity contribution in [1.29, 1.82) is 0 Å². The second-order valence-electron chi connectivity index (χ2n) is 6.82. The number of furan rings is 1. The predicted octanol–water partition coefficient (Wildman–Crippen LogP) is 4.58. The summed E-state index contributed by atoms with van der Waals surface area (Å²) in [6, 6.07) is 5.41. The molecule has 4 rings (SSSR count). The molecule has 0 unspecified atom stereocenters. The van der Waals surface area contributed by atoms with E-state index in [9.17, 15) is 9.59 Å². The molecule has 0 atom stereocenters. The quantitative estimate of drug-likeness (QED) is 0.453. The van der Waals surface area contributed by atoms with E-state index < -0.39 is 0 Å². The molecule has 0 bridgehead atoms. The number of aryl methyl sites for hydroxylation is 4. The minimum absolute atomic E-state index is 0.328. The summed E-state index contributed by atoms with van der Waals surface area (Å²) in [5.74, 6) is 0.339. The highest BCUT2D eigenvalue weighted by atomic mass is 32.1. The first-order valence-corrected chi connectivity index (χ1v) is 11.0. The fourth-order valence-corrected chi connectivity index (χ4v) is 5.42. The summed E-state index contributed by atoms with van der Waals surface area (Å²) in [7, 11) is 0. The van der Waals surface area contributed by atoms with Crippen molar-refractivity contribution in [3.8, 4) is 11.6 Å². The molecule has 30 heavy (non-hydrogen) atoms. The van der Waals surface area contributed by atoms with E-state index in [0.717, 1.165) is 33.5 Å². The largest absolute Gasteiger partial charge is 0.461 e. The van der Waals surface area contributed by atoms with Crippen molar-refractivity contribution in [3.05, 3.63) is 55.9 Å². The van der Waals surface area contributed by atoms with Crippen LogP contribution in [0.1, 0.15) is 48.0 Å². The van der Waals surface area contributed by atoms with Crippen LogP contribution in [0.2, 0.25) is 0 Å². The van der Waals surface area contributed by atoms with Crippen molar-refractivity contribution < 1.29 is 14.0 Å². The zero-order valence-corrected chi connectivity index (χ0v) is 18.6. The Morgan fingerprint density at radius 2 is 1.87 bits per heavy atom. The lowest BCUT2D eigenvalue weighted by Crippen LogP contribution is -2.41. The zero-order valence-electron chi connectivity index (χ0n) is 17.0. The van der Waals surface area contributed by atoms with E-state index in [-0.39, 0.29) is 11.8 Å². The second kappa shape index (κ2) is 8.00. The van der Waals surface area contributed by atoms with Crippen LogP contribution in [0.3, 0.4) is 0 Å². The Labute approximate surface area is 181 Å². The van der Waals surface area contributed by atoms with Gasteiger partial charge in [0, 0.05) is 10.3 Å². The van der Waals surface area contributed by atoms with Gasteiger partial charge in [-0.25, -0.2) is 9.97 Å². The van der Waals surface area contributed by atoms with Gasteiger partial charge >= 0.3 is 0 Å². The molecule has 7 nitrogen and oxygen atoms in total. The van der Waals surface area contributed by atoms with Crippen LogP contribution in [-0.2, 0) is 6.42 Å². The Morgan fingerprint density at radius 3 is 2.53 bits per heavy atom. The maximum absolute atomic E-state index is 12.7. The van der Waals surface area contributed by atoms with Gasteiger partial charge < -0.3 is 4.42 Å². The number of fused-ring (bicyclic) bond motifs is 1. The summed E-state index contributed by atoms with van der Waals surface area (Å²) in [6.07, 6.45) is 2.44. The van der Waals surface area contributed by atoms with E-state index in [1.165, 1.54) is 22.7 Å². The lowest BCUT2D eigenvalue weighted by molar-refractivity contribution is 0.0851. The fraction of sp³-hybridized carbons (Fsp3) is 0.238. The average molecular weight is 441 g/mol. The van der Waals surface area contributed by atoms with Gasteiger partial charge in [0.05, 0.1) is 21.7 Å². The van der Waals surface area contributed by atoms with Crippen molar-refractivity contribution in [2.45, 2.75) is 34.1 Å². The second-order valence-corrected chi connectivity index (χ2v) is 8.96. The normalized spacial score (nSPS) is 11.1. The molecular weight excluding hydrogens is 420 g/mol. The van der Waals surface area contributed by atoms with Crippen LogP contribution in [0.4, 0.5) is 0 Å². The summed E-state index contributed by atoms with van der Waals surface area (Å²) in [5.41, 5.74) is 7.66. The SMILES string of the molecule is CCc1sc(C(=O)NNC(=O)c2sc3nc(-c4ccco4)nc(C)c3c2C)cc1C. The van der Waals surface area contributed by atoms with Crippen LogP contribution < -0.4 is 10.9 Å². The van der Waals surface area contributed by atoms with Crippen molar-refractivity contribution in [1.82, 2.24) is 20.8 Å². The van der Waals surface area contributed by atoms with Gasteiger partial charge in [0.2, 0.25) is 0 Å². The third-order valence-corrected chi connectivity index (χ3v) is 7.34. The van der Waals surface area contributed by atoms with Crippen molar-refractivity contribution in [2.75, 3.05) is 0 Å². The highest BCUT2D eigenvalue weighted by Gasteiger charge is 2.21. The van der Waals surface area contributed by atoms with Crippen molar-refractivity contribution in [3.63, 3.8) is 0 Å². The number of aromatic nitrogens is 2. The molecule has 0 spiro atoms. The predicted molar refractivity (Wildman–Crippen MR) is 118 cm³/mol. The molecule has 0 radical (unpaired) electrons. The maximum atomic E-state index is 12.7. The van der Waals surface area contributed by atoms with Gasteiger partial charge in [-0.3, -0.25) is 20.4 Å². The smallest absolute Gasteiger partial charge is 0.280 e. The number of nitrogens with zero attached hydrogens (tertiary/aromatic N) is 2. The first-order chi connectivity index (χ1) is 14.4. The Hall–Kier alpha value is -3.04. The Kier molecular flexibility index (Phi) is 5.40. The monoisotopic (exact) mass is 440 g/mol. The van der Waals surface area contributed by atoms with Gasteiger partial charge in [0.1, 0.15) is 4.83 Å². The molecule has 0 aromatic carbocycles. The summed E-state index contributed by atoms with van der Waals surface area (Å²) < 4.78 is 5.39. The highest BCUT2D eigenvalue weighted by molar-refractivity contribution is 7.20. The molecule has 2 amide bonds. The molecule has 0 aliphatic carbocycles. The molecule has 0 saturated heterocycles. The Morgan fingerprint density at radius 1 is 1.10 bits per heavy atom. The van der Waals surface area contributed by atoms with Crippen LogP contribution in [-0.4, -0.2) is 21.8 Å². The zero-order chi connectivity index (χ0) is 21.4. The number of hydrogen-bond donors (Lipinski definition) is 2. The first-order valence-electron chi connectivity index (χ1n) is 9.40. The fourth-order valence-electron chi connectivity index (χ4n) is 3.29. The van der Waals surface area contributed by atoms with Gasteiger partial charge in [0.15, 0.2) is 11.6 Å². The molecule has 154 valence electrons. The number of rotatable bonds is 4.